The summed E-state index contributed by atoms with van der Waals surface area (Å²) in [5.74, 6) is 0.199. The van der Waals surface area contributed by atoms with Crippen molar-refractivity contribution >= 4 is 11.8 Å². The maximum absolute atomic E-state index is 12.9. The predicted octanol–water partition coefficient (Wildman–Crippen LogP) is 3.42. The van der Waals surface area contributed by atoms with E-state index in [0.717, 1.165) is 44.1 Å². The van der Waals surface area contributed by atoms with Crippen LogP contribution in [0.2, 0.25) is 0 Å². The predicted molar refractivity (Wildman–Crippen MR) is 99.6 cm³/mol. The van der Waals surface area contributed by atoms with Crippen LogP contribution in [0.15, 0.2) is 34.9 Å². The topological polar surface area (TPSA) is 75.4 Å². The summed E-state index contributed by atoms with van der Waals surface area (Å²) in [4.78, 5) is 26.9. The van der Waals surface area contributed by atoms with Gasteiger partial charge in [0, 0.05) is 24.6 Å². The zero-order chi connectivity index (χ0) is 19.5. The van der Waals surface area contributed by atoms with E-state index in [9.17, 15) is 14.0 Å². The van der Waals surface area contributed by atoms with Gasteiger partial charge in [-0.2, -0.15) is 0 Å². The van der Waals surface area contributed by atoms with Gasteiger partial charge in [0.05, 0.1) is 6.54 Å². The Morgan fingerprint density at radius 3 is 2.54 bits per heavy atom. The van der Waals surface area contributed by atoms with Crippen LogP contribution in [0.4, 0.5) is 4.39 Å². The second kappa shape index (κ2) is 8.12. The number of benzene rings is 1. The molecule has 0 spiro atoms. The van der Waals surface area contributed by atoms with Gasteiger partial charge >= 0.3 is 0 Å². The maximum atomic E-state index is 12.9. The Morgan fingerprint density at radius 1 is 1.14 bits per heavy atom. The van der Waals surface area contributed by atoms with E-state index in [-0.39, 0.29) is 41.8 Å². The van der Waals surface area contributed by atoms with Gasteiger partial charge in [-0.05, 0) is 43.4 Å². The molecule has 1 aromatic carbocycles. The highest BCUT2D eigenvalue weighted by molar-refractivity contribution is 5.92. The van der Waals surface area contributed by atoms with E-state index in [1.165, 1.54) is 12.1 Å². The summed E-state index contributed by atoms with van der Waals surface area (Å²) in [7, 11) is 0. The molecular weight excluding hydrogens is 361 g/mol. The third-order valence-electron chi connectivity index (χ3n) is 5.46. The first-order chi connectivity index (χ1) is 13.6. The Morgan fingerprint density at radius 2 is 1.86 bits per heavy atom. The SMILES string of the molecule is O=C(NCc1ccc(F)cc1)c1cc(CN(C(=O)C2CC2)C2CCCC2)on1. The zero-order valence-electron chi connectivity index (χ0n) is 15.7. The van der Waals surface area contributed by atoms with Crippen molar-refractivity contribution in [1.82, 2.24) is 15.4 Å². The van der Waals surface area contributed by atoms with E-state index in [2.05, 4.69) is 10.5 Å². The maximum Gasteiger partial charge on any atom is 0.273 e. The molecule has 6 nitrogen and oxygen atoms in total. The second-order valence-corrected chi connectivity index (χ2v) is 7.67. The Balaban J connectivity index is 1.37. The van der Waals surface area contributed by atoms with E-state index in [1.807, 2.05) is 4.90 Å². The fraction of sp³-hybridized carbons (Fsp3) is 0.476. The van der Waals surface area contributed by atoms with Crippen molar-refractivity contribution in [2.75, 3.05) is 0 Å². The Kier molecular flexibility index (Phi) is 5.41. The number of rotatable bonds is 7. The molecule has 2 aliphatic carbocycles. The number of hydrogen-bond donors (Lipinski definition) is 1. The van der Waals surface area contributed by atoms with Gasteiger partial charge in [-0.25, -0.2) is 4.39 Å². The molecule has 0 aliphatic heterocycles. The number of carbonyl (C=O) groups is 2. The molecule has 1 N–H and O–H groups in total. The number of nitrogens with one attached hydrogen (secondary N) is 1. The van der Waals surface area contributed by atoms with E-state index in [1.54, 1.807) is 18.2 Å². The molecule has 0 unspecified atom stereocenters. The standard InChI is InChI=1S/C21H24FN3O3/c22-16-9-5-14(6-10-16)12-23-20(26)19-11-18(28-24-19)13-25(17-3-1-2-4-17)21(27)15-7-8-15/h5-6,9-11,15,17H,1-4,7-8,12-13H2,(H,23,26). The Hall–Kier alpha value is -2.70. The average molecular weight is 385 g/mol. The first kappa shape index (κ1) is 18.7. The number of nitrogens with zero attached hydrogens (tertiary/aromatic N) is 2. The molecule has 4 rings (SSSR count). The van der Waals surface area contributed by atoms with Crippen LogP contribution in [0.3, 0.4) is 0 Å². The van der Waals surface area contributed by atoms with Crippen molar-refractivity contribution in [2.45, 2.75) is 57.7 Å². The van der Waals surface area contributed by atoms with Gasteiger partial charge in [-0.1, -0.05) is 30.1 Å². The first-order valence-electron chi connectivity index (χ1n) is 9.89. The number of carbonyl (C=O) groups excluding carboxylic acids is 2. The third-order valence-corrected chi connectivity index (χ3v) is 5.46. The fourth-order valence-corrected chi connectivity index (χ4v) is 3.71. The number of aromatic nitrogens is 1. The van der Waals surface area contributed by atoms with Gasteiger partial charge in [0.2, 0.25) is 5.91 Å². The molecule has 1 aromatic heterocycles. The van der Waals surface area contributed by atoms with Gasteiger partial charge in [0.25, 0.3) is 5.91 Å². The van der Waals surface area contributed by atoms with E-state index < -0.39 is 0 Å². The van der Waals surface area contributed by atoms with Crippen molar-refractivity contribution in [3.05, 3.63) is 53.2 Å². The lowest BCUT2D eigenvalue weighted by atomic mass is 10.1. The average Bonchev–Trinajstić information content (AvgIpc) is 3.21. The van der Waals surface area contributed by atoms with Gasteiger partial charge in [-0.15, -0.1) is 0 Å². The monoisotopic (exact) mass is 385 g/mol. The lowest BCUT2D eigenvalue weighted by molar-refractivity contribution is -0.135. The number of halogens is 1. The normalized spacial score (nSPS) is 16.9. The van der Waals surface area contributed by atoms with E-state index >= 15 is 0 Å². The molecule has 2 saturated carbocycles. The highest BCUT2D eigenvalue weighted by Crippen LogP contribution is 2.35. The van der Waals surface area contributed by atoms with E-state index in [4.69, 9.17) is 4.52 Å². The fourth-order valence-electron chi connectivity index (χ4n) is 3.71. The Labute approximate surface area is 163 Å². The first-order valence-corrected chi connectivity index (χ1v) is 9.89. The number of hydrogen-bond acceptors (Lipinski definition) is 4. The molecule has 0 atom stereocenters. The molecule has 2 aromatic rings. The largest absolute Gasteiger partial charge is 0.359 e. The highest BCUT2D eigenvalue weighted by atomic mass is 19.1. The summed E-state index contributed by atoms with van der Waals surface area (Å²) < 4.78 is 18.3. The lowest BCUT2D eigenvalue weighted by Gasteiger charge is -2.28. The quantitative estimate of drug-likeness (QED) is 0.792. The van der Waals surface area contributed by atoms with Crippen molar-refractivity contribution < 1.29 is 18.5 Å². The smallest absolute Gasteiger partial charge is 0.273 e. The molecule has 0 saturated heterocycles. The van der Waals surface area contributed by atoms with Gasteiger partial charge in [0.15, 0.2) is 11.5 Å². The molecule has 2 aliphatic rings. The van der Waals surface area contributed by atoms with Crippen LogP contribution in [0, 0.1) is 11.7 Å². The summed E-state index contributed by atoms with van der Waals surface area (Å²) in [5, 5.41) is 6.60. The van der Waals surface area contributed by atoms with Crippen LogP contribution in [0.1, 0.15) is 60.3 Å². The third kappa shape index (κ3) is 4.40. The molecule has 0 radical (unpaired) electrons. The minimum absolute atomic E-state index is 0.155. The van der Waals surface area contributed by atoms with Crippen LogP contribution < -0.4 is 5.32 Å². The molecule has 0 bridgehead atoms. The number of amides is 2. The van der Waals surface area contributed by atoms with Gasteiger partial charge in [0.1, 0.15) is 5.82 Å². The summed E-state index contributed by atoms with van der Waals surface area (Å²) in [6.45, 7) is 0.633. The molecule has 28 heavy (non-hydrogen) atoms. The van der Waals surface area contributed by atoms with Gasteiger partial charge < -0.3 is 14.7 Å². The van der Waals surface area contributed by atoms with E-state index in [0.29, 0.717) is 12.3 Å². The van der Waals surface area contributed by atoms with Crippen molar-refractivity contribution in [3.8, 4) is 0 Å². The minimum atomic E-state index is -0.361. The zero-order valence-corrected chi connectivity index (χ0v) is 15.7. The molecule has 7 heteroatoms. The van der Waals surface area contributed by atoms with Crippen LogP contribution >= 0.6 is 0 Å². The summed E-state index contributed by atoms with van der Waals surface area (Å²) >= 11 is 0. The van der Waals surface area contributed by atoms with Crippen LogP contribution in [0.5, 0.6) is 0 Å². The van der Waals surface area contributed by atoms with Crippen molar-refractivity contribution in [1.29, 1.82) is 0 Å². The van der Waals surface area contributed by atoms with Gasteiger partial charge in [-0.3, -0.25) is 9.59 Å². The summed E-state index contributed by atoms with van der Waals surface area (Å²) in [6, 6.07) is 7.80. The molecule has 148 valence electrons. The summed E-state index contributed by atoms with van der Waals surface area (Å²) in [5.41, 5.74) is 0.975. The molecule has 2 fully saturated rings. The lowest BCUT2D eigenvalue weighted by Crippen LogP contribution is -2.39. The van der Waals surface area contributed by atoms with Crippen LogP contribution in [0.25, 0.3) is 0 Å². The summed E-state index contributed by atoms with van der Waals surface area (Å²) in [6.07, 6.45) is 6.28. The van der Waals surface area contributed by atoms with Crippen LogP contribution in [-0.4, -0.2) is 27.9 Å². The van der Waals surface area contributed by atoms with Crippen LogP contribution in [-0.2, 0) is 17.9 Å². The molecule has 2 amide bonds. The highest BCUT2D eigenvalue weighted by Gasteiger charge is 2.37. The van der Waals surface area contributed by atoms with Crippen molar-refractivity contribution in [3.63, 3.8) is 0 Å². The van der Waals surface area contributed by atoms with Crippen molar-refractivity contribution in [2.24, 2.45) is 5.92 Å². The molecule has 1 heterocycles. The Bertz CT molecular complexity index is 839. The molecular formula is C21H24FN3O3. The second-order valence-electron chi connectivity index (χ2n) is 7.67. The minimum Gasteiger partial charge on any atom is -0.359 e.